The number of hydrogen-bond acceptors (Lipinski definition) is 2. The first-order valence-corrected chi connectivity index (χ1v) is 3.67. The van der Waals surface area contributed by atoms with Crippen LogP contribution >= 0.6 is 0 Å². The molecule has 0 aliphatic rings. The van der Waals surface area contributed by atoms with Crippen molar-refractivity contribution in [3.05, 3.63) is 23.7 Å². The van der Waals surface area contributed by atoms with Crippen LogP contribution in [0.2, 0.25) is 0 Å². The largest absolute Gasteiger partial charge is 0.464 e. The van der Waals surface area contributed by atoms with Crippen LogP contribution in [0, 0.1) is 6.92 Å². The third-order valence-electron chi connectivity index (χ3n) is 1.84. The fraction of sp³-hybridized carbons (Fsp3) is 0.500. The first-order chi connectivity index (χ1) is 5.75. The third kappa shape index (κ3) is 1.70. The quantitative estimate of drug-likeness (QED) is 0.743. The average molecular weight is 193 g/mol. The summed E-state index contributed by atoms with van der Waals surface area (Å²) in [6.07, 6.45) is -4.50. The molecule has 74 valence electrons. The molecular weight excluding hydrogens is 183 g/mol. The van der Waals surface area contributed by atoms with Crippen LogP contribution in [0.15, 0.2) is 16.5 Å². The second kappa shape index (κ2) is 2.77. The lowest BCUT2D eigenvalue weighted by Crippen LogP contribution is -2.47. The van der Waals surface area contributed by atoms with E-state index in [1.165, 1.54) is 12.1 Å². The zero-order valence-corrected chi connectivity index (χ0v) is 7.27. The van der Waals surface area contributed by atoms with Crippen LogP contribution in [0.1, 0.15) is 18.4 Å². The highest BCUT2D eigenvalue weighted by atomic mass is 19.4. The molecule has 0 aromatic carbocycles. The second-order valence-electron chi connectivity index (χ2n) is 3.11. The highest BCUT2D eigenvalue weighted by Gasteiger charge is 2.51. The van der Waals surface area contributed by atoms with Crippen molar-refractivity contribution in [3.8, 4) is 0 Å². The Morgan fingerprint density at radius 2 is 1.85 bits per heavy atom. The molecule has 2 nitrogen and oxygen atoms in total. The zero-order valence-electron chi connectivity index (χ0n) is 7.27. The van der Waals surface area contributed by atoms with Crippen LogP contribution in [0.4, 0.5) is 13.2 Å². The maximum atomic E-state index is 12.3. The monoisotopic (exact) mass is 193 g/mol. The summed E-state index contributed by atoms with van der Waals surface area (Å²) in [5, 5.41) is 0. The number of alkyl halides is 3. The van der Waals surface area contributed by atoms with E-state index in [-0.39, 0.29) is 5.76 Å². The van der Waals surface area contributed by atoms with Crippen molar-refractivity contribution < 1.29 is 17.6 Å². The van der Waals surface area contributed by atoms with Crippen molar-refractivity contribution in [2.75, 3.05) is 0 Å². The van der Waals surface area contributed by atoms with E-state index in [1.54, 1.807) is 6.92 Å². The molecule has 1 atom stereocenters. The Bertz CT molecular complexity index is 301. The number of furan rings is 1. The Balaban J connectivity index is 3.07. The molecule has 2 N–H and O–H groups in total. The van der Waals surface area contributed by atoms with Crippen molar-refractivity contribution in [2.45, 2.75) is 25.6 Å². The van der Waals surface area contributed by atoms with E-state index in [0.717, 1.165) is 6.92 Å². The maximum Gasteiger partial charge on any atom is 0.413 e. The molecule has 1 rings (SSSR count). The lowest BCUT2D eigenvalue weighted by atomic mass is 10.0. The molecule has 5 heteroatoms. The molecular formula is C8H10F3NO. The molecule has 1 aromatic heterocycles. The predicted octanol–water partition coefficient (Wildman–Crippen LogP) is 2.32. The van der Waals surface area contributed by atoms with Gasteiger partial charge in [-0.25, -0.2) is 0 Å². The summed E-state index contributed by atoms with van der Waals surface area (Å²) in [5.74, 6) is 0.147. The Kier molecular flexibility index (Phi) is 2.15. The van der Waals surface area contributed by atoms with Crippen LogP contribution in [0.3, 0.4) is 0 Å². The zero-order chi connectivity index (χ0) is 10.3. The van der Waals surface area contributed by atoms with E-state index < -0.39 is 11.7 Å². The minimum atomic E-state index is -4.50. The topological polar surface area (TPSA) is 39.2 Å². The van der Waals surface area contributed by atoms with E-state index in [1.807, 2.05) is 0 Å². The van der Waals surface area contributed by atoms with Crippen LogP contribution in [0.25, 0.3) is 0 Å². The molecule has 0 saturated carbocycles. The first kappa shape index (κ1) is 10.1. The fourth-order valence-corrected chi connectivity index (χ4v) is 0.853. The van der Waals surface area contributed by atoms with Crippen molar-refractivity contribution in [1.82, 2.24) is 0 Å². The standard InChI is InChI=1S/C8H10F3NO/c1-5-3-4-6(13-5)7(2,12)8(9,10)11/h3-4H,12H2,1-2H3. The van der Waals surface area contributed by atoms with Gasteiger partial charge in [-0.15, -0.1) is 0 Å². The van der Waals surface area contributed by atoms with Crippen molar-refractivity contribution in [2.24, 2.45) is 5.73 Å². The summed E-state index contributed by atoms with van der Waals surface area (Å²) in [7, 11) is 0. The van der Waals surface area contributed by atoms with Gasteiger partial charge in [-0.3, -0.25) is 0 Å². The maximum absolute atomic E-state index is 12.3. The number of halogens is 3. The van der Waals surface area contributed by atoms with Crippen molar-refractivity contribution in [1.29, 1.82) is 0 Å². The Hall–Kier alpha value is -0.970. The van der Waals surface area contributed by atoms with Gasteiger partial charge in [0, 0.05) is 0 Å². The van der Waals surface area contributed by atoms with Gasteiger partial charge in [0.2, 0.25) is 0 Å². The SMILES string of the molecule is Cc1ccc(C(C)(N)C(F)(F)F)o1. The van der Waals surface area contributed by atoms with Gasteiger partial charge in [0.25, 0.3) is 0 Å². The lowest BCUT2D eigenvalue weighted by Gasteiger charge is -2.24. The summed E-state index contributed by atoms with van der Waals surface area (Å²) in [4.78, 5) is 0. The molecule has 0 radical (unpaired) electrons. The highest BCUT2D eigenvalue weighted by Crippen LogP contribution is 2.36. The van der Waals surface area contributed by atoms with Gasteiger partial charge in [-0.05, 0) is 26.0 Å². The van der Waals surface area contributed by atoms with Crippen molar-refractivity contribution >= 4 is 0 Å². The molecule has 13 heavy (non-hydrogen) atoms. The molecule has 0 bridgehead atoms. The van der Waals surface area contributed by atoms with E-state index in [4.69, 9.17) is 10.2 Å². The summed E-state index contributed by atoms with van der Waals surface area (Å²) >= 11 is 0. The Labute approximate surface area is 73.5 Å². The lowest BCUT2D eigenvalue weighted by molar-refractivity contribution is -0.188. The number of hydrogen-bond donors (Lipinski definition) is 1. The number of aryl methyl sites for hydroxylation is 1. The Morgan fingerprint density at radius 3 is 2.15 bits per heavy atom. The number of nitrogens with two attached hydrogens (primary N) is 1. The minimum absolute atomic E-state index is 0.266. The van der Waals surface area contributed by atoms with Crippen LogP contribution in [-0.2, 0) is 5.54 Å². The molecule has 0 aliphatic carbocycles. The van der Waals surface area contributed by atoms with E-state index in [0.29, 0.717) is 5.76 Å². The summed E-state index contributed by atoms with van der Waals surface area (Å²) in [6, 6.07) is 2.69. The van der Waals surface area contributed by atoms with Crippen LogP contribution < -0.4 is 5.73 Å². The summed E-state index contributed by atoms with van der Waals surface area (Å²) in [5.41, 5.74) is 2.69. The predicted molar refractivity (Wildman–Crippen MR) is 41.0 cm³/mol. The molecule has 0 spiro atoms. The normalized spacial score (nSPS) is 17.1. The highest BCUT2D eigenvalue weighted by molar-refractivity contribution is 5.16. The third-order valence-corrected chi connectivity index (χ3v) is 1.84. The molecule has 0 amide bonds. The Morgan fingerprint density at radius 1 is 1.31 bits per heavy atom. The molecule has 1 aromatic rings. The molecule has 0 fully saturated rings. The van der Waals surface area contributed by atoms with Gasteiger partial charge < -0.3 is 10.2 Å². The summed E-state index contributed by atoms with van der Waals surface area (Å²) in [6.45, 7) is 2.45. The van der Waals surface area contributed by atoms with Gasteiger partial charge in [-0.1, -0.05) is 0 Å². The molecule has 1 heterocycles. The second-order valence-corrected chi connectivity index (χ2v) is 3.11. The molecule has 0 aliphatic heterocycles. The molecule has 1 unspecified atom stereocenters. The van der Waals surface area contributed by atoms with E-state index in [2.05, 4.69) is 0 Å². The van der Waals surface area contributed by atoms with E-state index >= 15 is 0 Å². The van der Waals surface area contributed by atoms with Gasteiger partial charge >= 0.3 is 6.18 Å². The van der Waals surface area contributed by atoms with Gasteiger partial charge in [-0.2, -0.15) is 13.2 Å². The van der Waals surface area contributed by atoms with Gasteiger partial charge in [0.1, 0.15) is 11.5 Å². The summed E-state index contributed by atoms with van der Waals surface area (Å²) < 4.78 is 41.9. The van der Waals surface area contributed by atoms with Gasteiger partial charge in [0.15, 0.2) is 5.54 Å². The van der Waals surface area contributed by atoms with Crippen molar-refractivity contribution in [3.63, 3.8) is 0 Å². The number of rotatable bonds is 1. The van der Waals surface area contributed by atoms with Crippen LogP contribution in [0.5, 0.6) is 0 Å². The average Bonchev–Trinajstić information content (AvgIpc) is 2.33. The van der Waals surface area contributed by atoms with E-state index in [9.17, 15) is 13.2 Å². The van der Waals surface area contributed by atoms with Crippen LogP contribution in [-0.4, -0.2) is 6.18 Å². The smallest absolute Gasteiger partial charge is 0.413 e. The van der Waals surface area contributed by atoms with Gasteiger partial charge in [0.05, 0.1) is 0 Å². The first-order valence-electron chi connectivity index (χ1n) is 3.67. The fourth-order valence-electron chi connectivity index (χ4n) is 0.853. The molecule has 0 saturated heterocycles. The minimum Gasteiger partial charge on any atom is -0.464 e.